The van der Waals surface area contributed by atoms with E-state index in [-0.39, 0.29) is 5.41 Å². The van der Waals surface area contributed by atoms with Crippen LogP contribution in [0.1, 0.15) is 49.9 Å². The highest BCUT2D eigenvalue weighted by molar-refractivity contribution is 6.01. The van der Waals surface area contributed by atoms with Crippen LogP contribution in [0.5, 0.6) is 0 Å². The van der Waals surface area contributed by atoms with Crippen molar-refractivity contribution in [2.24, 2.45) is 5.92 Å². The highest BCUT2D eigenvalue weighted by Gasteiger charge is 2.35. The molecule has 0 saturated carbocycles. The third kappa shape index (κ3) is 4.19. The van der Waals surface area contributed by atoms with E-state index in [1.165, 1.54) is 55.3 Å². The average molecular weight is 480 g/mol. The molecule has 1 aliphatic carbocycles. The van der Waals surface area contributed by atoms with E-state index in [1.807, 2.05) is 6.20 Å². The molecular weight excluding hydrogens is 446 g/mol. The van der Waals surface area contributed by atoms with E-state index >= 15 is 0 Å². The predicted molar refractivity (Wildman–Crippen MR) is 158 cm³/mol. The maximum Gasteiger partial charge on any atom is 0.0780 e. The Labute approximate surface area is 220 Å². The van der Waals surface area contributed by atoms with Gasteiger partial charge in [-0.25, -0.2) is 0 Å². The van der Waals surface area contributed by atoms with Crippen LogP contribution in [0.25, 0.3) is 44.8 Å². The van der Waals surface area contributed by atoms with E-state index in [0.29, 0.717) is 5.92 Å². The lowest BCUT2D eigenvalue weighted by atomic mass is 9.77. The molecule has 0 saturated heterocycles. The summed E-state index contributed by atoms with van der Waals surface area (Å²) in [7, 11) is 0. The first-order valence-electron chi connectivity index (χ1n) is 13.3. The number of hydrogen-bond donors (Lipinski definition) is 0. The maximum absolute atomic E-state index is 4.94. The third-order valence-corrected chi connectivity index (χ3v) is 7.73. The number of hydrogen-bond acceptors (Lipinski definition) is 1. The first-order chi connectivity index (χ1) is 17.9. The molecule has 182 valence electrons. The SMILES string of the molecule is CC(C)Cc1ccc2c(-c3cc(-c4ccccc4)c4c(c3)C(C)(C)C(c3ccccc3)=C4)nccc2c1. The number of nitrogens with zero attached hydrogens (tertiary/aromatic N) is 1. The quantitative estimate of drug-likeness (QED) is 0.244. The van der Waals surface area contributed by atoms with Gasteiger partial charge in [-0.1, -0.05) is 107 Å². The second-order valence-corrected chi connectivity index (χ2v) is 11.2. The zero-order chi connectivity index (χ0) is 25.6. The topological polar surface area (TPSA) is 12.9 Å². The van der Waals surface area contributed by atoms with Crippen LogP contribution in [0.15, 0.2) is 103 Å². The number of rotatable bonds is 5. The Hall–Kier alpha value is -3.97. The van der Waals surface area contributed by atoms with Crippen LogP contribution < -0.4 is 0 Å². The van der Waals surface area contributed by atoms with Gasteiger partial charge in [0, 0.05) is 22.6 Å². The van der Waals surface area contributed by atoms with Crippen LogP contribution in [-0.2, 0) is 11.8 Å². The van der Waals surface area contributed by atoms with Gasteiger partial charge < -0.3 is 0 Å². The van der Waals surface area contributed by atoms with Crippen molar-refractivity contribution in [3.63, 3.8) is 0 Å². The summed E-state index contributed by atoms with van der Waals surface area (Å²) in [4.78, 5) is 4.94. The molecule has 1 aliphatic rings. The molecule has 0 bridgehead atoms. The van der Waals surface area contributed by atoms with Crippen LogP contribution >= 0.6 is 0 Å². The van der Waals surface area contributed by atoms with Gasteiger partial charge >= 0.3 is 0 Å². The number of allylic oxidation sites excluding steroid dienone is 1. The van der Waals surface area contributed by atoms with Crippen molar-refractivity contribution in [3.05, 3.63) is 126 Å². The van der Waals surface area contributed by atoms with Crippen molar-refractivity contribution in [2.75, 3.05) is 0 Å². The van der Waals surface area contributed by atoms with Gasteiger partial charge in [0.2, 0.25) is 0 Å². The first-order valence-corrected chi connectivity index (χ1v) is 13.3. The summed E-state index contributed by atoms with van der Waals surface area (Å²) in [6.45, 7) is 9.25. The largest absolute Gasteiger partial charge is 0.256 e. The lowest BCUT2D eigenvalue weighted by molar-refractivity contribution is 0.648. The molecular formula is C36H33N. The lowest BCUT2D eigenvalue weighted by Crippen LogP contribution is -2.16. The molecule has 1 aromatic heterocycles. The molecule has 1 heteroatoms. The molecule has 37 heavy (non-hydrogen) atoms. The molecule has 4 aromatic carbocycles. The van der Waals surface area contributed by atoms with Gasteiger partial charge in [0.25, 0.3) is 0 Å². The number of benzene rings is 4. The third-order valence-electron chi connectivity index (χ3n) is 7.73. The molecule has 0 aliphatic heterocycles. The van der Waals surface area contributed by atoms with Crippen LogP contribution in [0.3, 0.4) is 0 Å². The Morgan fingerprint density at radius 3 is 2.14 bits per heavy atom. The van der Waals surface area contributed by atoms with Gasteiger partial charge in [0.1, 0.15) is 0 Å². The normalized spacial score (nSPS) is 14.1. The van der Waals surface area contributed by atoms with E-state index in [1.54, 1.807) is 0 Å². The molecule has 6 rings (SSSR count). The Morgan fingerprint density at radius 2 is 1.43 bits per heavy atom. The van der Waals surface area contributed by atoms with E-state index in [9.17, 15) is 0 Å². The van der Waals surface area contributed by atoms with Crippen LogP contribution in [0.2, 0.25) is 0 Å². The van der Waals surface area contributed by atoms with E-state index < -0.39 is 0 Å². The minimum absolute atomic E-state index is 0.120. The van der Waals surface area contributed by atoms with E-state index in [0.717, 1.165) is 12.1 Å². The Bertz CT molecular complexity index is 1620. The minimum atomic E-state index is -0.120. The van der Waals surface area contributed by atoms with Gasteiger partial charge in [-0.3, -0.25) is 4.98 Å². The predicted octanol–water partition coefficient (Wildman–Crippen LogP) is 9.60. The molecule has 0 unspecified atom stereocenters. The Kier molecular flexibility index (Phi) is 5.80. The lowest BCUT2D eigenvalue weighted by Gasteiger charge is -2.26. The van der Waals surface area contributed by atoms with E-state index in [2.05, 4.69) is 131 Å². The van der Waals surface area contributed by atoms with Crippen LogP contribution in [0.4, 0.5) is 0 Å². The van der Waals surface area contributed by atoms with Crippen molar-refractivity contribution in [2.45, 2.75) is 39.5 Å². The summed E-state index contributed by atoms with van der Waals surface area (Å²) >= 11 is 0. The first kappa shape index (κ1) is 23.4. The zero-order valence-electron chi connectivity index (χ0n) is 22.1. The standard InChI is InChI=1S/C36H33N/c1-24(2)19-25-15-16-30-28(20-25)17-18-37-35(30)29-21-31(26-11-7-5-8-12-26)32-23-33(27-13-9-6-10-14-27)36(3,4)34(32)22-29/h5-18,20-24H,19H2,1-4H3. The van der Waals surface area contributed by atoms with Gasteiger partial charge in [-0.2, -0.15) is 0 Å². The highest BCUT2D eigenvalue weighted by atomic mass is 14.7. The van der Waals surface area contributed by atoms with Crippen LogP contribution in [0, 0.1) is 5.92 Å². The summed E-state index contributed by atoms with van der Waals surface area (Å²) in [5.41, 5.74) is 11.3. The van der Waals surface area contributed by atoms with Gasteiger partial charge in [0.15, 0.2) is 0 Å². The fourth-order valence-electron chi connectivity index (χ4n) is 5.91. The summed E-state index contributed by atoms with van der Waals surface area (Å²) < 4.78 is 0. The smallest absolute Gasteiger partial charge is 0.0780 e. The second-order valence-electron chi connectivity index (χ2n) is 11.2. The van der Waals surface area contributed by atoms with Gasteiger partial charge in [0.05, 0.1) is 5.69 Å². The molecule has 5 aromatic rings. The number of fused-ring (bicyclic) bond motifs is 2. The zero-order valence-corrected chi connectivity index (χ0v) is 22.1. The number of aromatic nitrogens is 1. The van der Waals surface area contributed by atoms with Crippen molar-refractivity contribution in [1.82, 2.24) is 4.98 Å². The van der Waals surface area contributed by atoms with Crippen molar-refractivity contribution >= 4 is 22.4 Å². The molecule has 1 heterocycles. The molecule has 0 radical (unpaired) electrons. The van der Waals surface area contributed by atoms with Crippen molar-refractivity contribution in [3.8, 4) is 22.4 Å². The summed E-state index contributed by atoms with van der Waals surface area (Å²) in [6, 6.07) is 35.3. The van der Waals surface area contributed by atoms with E-state index in [4.69, 9.17) is 4.98 Å². The highest BCUT2D eigenvalue weighted by Crippen LogP contribution is 2.50. The number of pyridine rings is 1. The summed E-state index contributed by atoms with van der Waals surface area (Å²) in [5, 5.41) is 2.47. The molecule has 0 N–H and O–H groups in total. The van der Waals surface area contributed by atoms with Crippen molar-refractivity contribution in [1.29, 1.82) is 0 Å². The average Bonchev–Trinajstić information content (AvgIpc) is 3.18. The molecule has 0 fully saturated rings. The fraction of sp³-hybridized carbons (Fsp3) is 0.194. The summed E-state index contributed by atoms with van der Waals surface area (Å²) in [6.07, 6.45) is 5.46. The minimum Gasteiger partial charge on any atom is -0.256 e. The van der Waals surface area contributed by atoms with Crippen molar-refractivity contribution < 1.29 is 0 Å². The summed E-state index contributed by atoms with van der Waals surface area (Å²) in [5.74, 6) is 0.637. The van der Waals surface area contributed by atoms with Crippen LogP contribution in [-0.4, -0.2) is 4.98 Å². The maximum atomic E-state index is 4.94. The van der Waals surface area contributed by atoms with Gasteiger partial charge in [-0.05, 0) is 81.0 Å². The Balaban J connectivity index is 1.57. The monoisotopic (exact) mass is 479 g/mol. The molecule has 0 spiro atoms. The molecule has 0 atom stereocenters. The van der Waals surface area contributed by atoms with Gasteiger partial charge in [-0.15, -0.1) is 0 Å². The molecule has 1 nitrogen and oxygen atoms in total. The fourth-order valence-corrected chi connectivity index (χ4v) is 5.91. The Morgan fingerprint density at radius 1 is 0.730 bits per heavy atom. The molecule has 0 amide bonds. The second kappa shape index (κ2) is 9.16.